The molecule has 0 aromatic heterocycles. The molecule has 7 nitrogen and oxygen atoms in total. The van der Waals surface area contributed by atoms with Crippen LogP contribution in [0.15, 0.2) is 0 Å². The van der Waals surface area contributed by atoms with Gasteiger partial charge in [0.15, 0.2) is 0 Å². The molecule has 0 unspecified atom stereocenters. The summed E-state index contributed by atoms with van der Waals surface area (Å²) in [5.41, 5.74) is 0. The van der Waals surface area contributed by atoms with Gasteiger partial charge in [-0.25, -0.2) is 0 Å². The van der Waals surface area contributed by atoms with Crippen molar-refractivity contribution in [2.24, 2.45) is 5.92 Å². The second-order valence-electron chi connectivity index (χ2n) is 9.52. The second-order valence-corrected chi connectivity index (χ2v) is 9.52. The van der Waals surface area contributed by atoms with Gasteiger partial charge in [-0.2, -0.15) is 0 Å². The van der Waals surface area contributed by atoms with Crippen LogP contribution >= 0.6 is 0 Å². The Balaban J connectivity index is 2.03. The zero-order valence-electron chi connectivity index (χ0n) is 22.4. The molecule has 1 rings (SSSR count). The largest absolute Gasteiger partial charge is 0.383 e. The summed E-state index contributed by atoms with van der Waals surface area (Å²) in [6.45, 7) is 7.18. The molecule has 0 amide bonds. The van der Waals surface area contributed by atoms with Crippen LogP contribution in [-0.4, -0.2) is 97.4 Å². The van der Waals surface area contributed by atoms with Crippen LogP contribution in [0.3, 0.4) is 0 Å². The van der Waals surface area contributed by atoms with E-state index in [0.29, 0.717) is 0 Å². The van der Waals surface area contributed by atoms with E-state index in [0.717, 1.165) is 51.7 Å². The molecule has 0 radical (unpaired) electrons. The van der Waals surface area contributed by atoms with Gasteiger partial charge in [0.1, 0.15) is 0 Å². The van der Waals surface area contributed by atoms with Crippen molar-refractivity contribution in [3.05, 3.63) is 0 Å². The van der Waals surface area contributed by atoms with E-state index < -0.39 is 5.97 Å². The van der Waals surface area contributed by atoms with Gasteiger partial charge in [-0.05, 0) is 18.8 Å². The molecule has 1 aliphatic rings. The normalized spacial score (nSPS) is 16.6. The summed E-state index contributed by atoms with van der Waals surface area (Å²) in [6.07, 6.45) is 15.3. The monoisotopic (exact) mass is 474 g/mol. The maximum absolute atomic E-state index is 5.35. The van der Waals surface area contributed by atoms with E-state index in [1.807, 2.05) is 0 Å². The van der Waals surface area contributed by atoms with Gasteiger partial charge in [-0.3, -0.25) is 9.80 Å². The van der Waals surface area contributed by atoms with Crippen LogP contribution in [-0.2, 0) is 23.7 Å². The van der Waals surface area contributed by atoms with E-state index in [-0.39, 0.29) is 0 Å². The lowest BCUT2D eigenvalue weighted by molar-refractivity contribution is -0.355. The fourth-order valence-corrected chi connectivity index (χ4v) is 4.88. The van der Waals surface area contributed by atoms with Crippen LogP contribution in [0.4, 0.5) is 0 Å². The minimum absolute atomic E-state index is 0.778. The smallest absolute Gasteiger partial charge is 0.282 e. The molecule has 1 heterocycles. The summed E-state index contributed by atoms with van der Waals surface area (Å²) >= 11 is 0. The molecule has 0 N–H and O–H groups in total. The third-order valence-corrected chi connectivity index (χ3v) is 6.93. The lowest BCUT2D eigenvalue weighted by Crippen LogP contribution is -2.51. The summed E-state index contributed by atoms with van der Waals surface area (Å²) in [4.78, 5) is 5.10. The van der Waals surface area contributed by atoms with Crippen molar-refractivity contribution in [2.45, 2.75) is 83.0 Å². The minimum atomic E-state index is -0.859. The quantitative estimate of drug-likeness (QED) is 0.166. The van der Waals surface area contributed by atoms with Gasteiger partial charge in [0.05, 0.1) is 19.9 Å². The molecule has 0 aliphatic carbocycles. The topological polar surface area (TPSA) is 52.6 Å². The van der Waals surface area contributed by atoms with Gasteiger partial charge in [0, 0.05) is 68.1 Å². The van der Waals surface area contributed by atoms with Crippen LogP contribution in [0, 0.1) is 5.92 Å². The van der Waals surface area contributed by atoms with E-state index in [1.54, 1.807) is 35.5 Å². The van der Waals surface area contributed by atoms with Crippen LogP contribution in [0.2, 0.25) is 0 Å². The molecule has 0 saturated carbocycles. The maximum Gasteiger partial charge on any atom is 0.282 e. The summed E-state index contributed by atoms with van der Waals surface area (Å²) in [7, 11) is 8.49. The van der Waals surface area contributed by atoms with Gasteiger partial charge in [-0.1, -0.05) is 57.8 Å². The van der Waals surface area contributed by atoms with Gasteiger partial charge in [0.25, 0.3) is 5.97 Å². The van der Waals surface area contributed by atoms with Gasteiger partial charge >= 0.3 is 0 Å². The van der Waals surface area contributed by atoms with Crippen LogP contribution in [0.1, 0.15) is 77.0 Å². The van der Waals surface area contributed by atoms with E-state index in [4.69, 9.17) is 23.7 Å². The van der Waals surface area contributed by atoms with E-state index in [9.17, 15) is 0 Å². The first kappa shape index (κ1) is 30.8. The third kappa shape index (κ3) is 14.0. The van der Waals surface area contributed by atoms with Crippen LogP contribution < -0.4 is 0 Å². The molecule has 1 aliphatic heterocycles. The zero-order valence-corrected chi connectivity index (χ0v) is 22.4. The SMILES string of the molecule is COCCN1CC(CCCCCCCCCCCCC(OC)(OC)OC)CN(CCOC)C1. The Morgan fingerprint density at radius 2 is 1.03 bits per heavy atom. The van der Waals surface area contributed by atoms with Crippen molar-refractivity contribution >= 4 is 0 Å². The van der Waals surface area contributed by atoms with Gasteiger partial charge in [-0.15, -0.1) is 0 Å². The fourth-order valence-electron chi connectivity index (χ4n) is 4.88. The molecule has 0 atom stereocenters. The summed E-state index contributed by atoms with van der Waals surface area (Å²) in [5.74, 6) is -0.0808. The van der Waals surface area contributed by atoms with Crippen molar-refractivity contribution in [3.8, 4) is 0 Å². The minimum Gasteiger partial charge on any atom is -0.383 e. The second kappa shape index (κ2) is 20.0. The predicted molar refractivity (Wildman–Crippen MR) is 134 cm³/mol. The number of unbranched alkanes of at least 4 members (excludes halogenated alkanes) is 9. The fraction of sp³-hybridized carbons (Fsp3) is 1.00. The average molecular weight is 475 g/mol. The molecule has 198 valence electrons. The van der Waals surface area contributed by atoms with Crippen molar-refractivity contribution < 1.29 is 23.7 Å². The highest BCUT2D eigenvalue weighted by Gasteiger charge is 2.28. The first-order valence-corrected chi connectivity index (χ1v) is 13.2. The first-order chi connectivity index (χ1) is 16.1. The third-order valence-electron chi connectivity index (χ3n) is 6.93. The van der Waals surface area contributed by atoms with Crippen molar-refractivity contribution in [1.82, 2.24) is 9.80 Å². The summed E-state index contributed by atoms with van der Waals surface area (Å²) < 4.78 is 26.6. The van der Waals surface area contributed by atoms with Crippen molar-refractivity contribution in [1.29, 1.82) is 0 Å². The Bertz CT molecular complexity index is 413. The number of ether oxygens (including phenoxy) is 5. The van der Waals surface area contributed by atoms with Crippen LogP contribution in [0.25, 0.3) is 0 Å². The van der Waals surface area contributed by atoms with E-state index in [2.05, 4.69) is 9.80 Å². The van der Waals surface area contributed by atoms with Crippen molar-refractivity contribution in [2.75, 3.05) is 81.6 Å². The molecule has 0 aromatic carbocycles. The molecule has 7 heteroatoms. The number of hydrogen-bond acceptors (Lipinski definition) is 7. The molecule has 0 bridgehead atoms. The molecule has 0 aromatic rings. The van der Waals surface area contributed by atoms with E-state index in [1.165, 1.54) is 77.3 Å². The molecular weight excluding hydrogens is 420 g/mol. The average Bonchev–Trinajstić information content (AvgIpc) is 2.84. The predicted octanol–water partition coefficient (Wildman–Crippen LogP) is 4.74. The number of hydrogen-bond donors (Lipinski definition) is 0. The molecular formula is C26H54N2O5. The van der Waals surface area contributed by atoms with Crippen LogP contribution in [0.5, 0.6) is 0 Å². The van der Waals surface area contributed by atoms with Crippen molar-refractivity contribution in [3.63, 3.8) is 0 Å². The molecule has 33 heavy (non-hydrogen) atoms. The number of nitrogens with zero attached hydrogens (tertiary/aromatic N) is 2. The standard InChI is InChI=1S/C26H54N2O5/c1-29-20-18-27-22-25(23-28(24-27)19-21-30-2)16-14-12-10-8-6-7-9-11-13-15-17-26(31-3,32-4)33-5/h25H,6-24H2,1-5H3. The lowest BCUT2D eigenvalue weighted by atomic mass is 9.97. The summed E-state index contributed by atoms with van der Waals surface area (Å²) in [5, 5.41) is 0. The molecule has 1 saturated heterocycles. The maximum atomic E-state index is 5.35. The Morgan fingerprint density at radius 1 is 0.606 bits per heavy atom. The van der Waals surface area contributed by atoms with Gasteiger partial charge < -0.3 is 23.7 Å². The highest BCUT2D eigenvalue weighted by atomic mass is 16.9. The molecule has 0 spiro atoms. The highest BCUT2D eigenvalue weighted by molar-refractivity contribution is 4.76. The first-order valence-electron chi connectivity index (χ1n) is 13.2. The number of rotatable bonds is 22. The zero-order chi connectivity index (χ0) is 24.2. The highest BCUT2D eigenvalue weighted by Crippen LogP contribution is 2.22. The summed E-state index contributed by atoms with van der Waals surface area (Å²) in [6, 6.07) is 0. The lowest BCUT2D eigenvalue weighted by Gasteiger charge is -2.40. The Labute approximate surface area is 204 Å². The Morgan fingerprint density at radius 3 is 1.45 bits per heavy atom. The number of methoxy groups -OCH3 is 5. The Kier molecular flexibility index (Phi) is 18.6. The molecule has 1 fully saturated rings. The van der Waals surface area contributed by atoms with E-state index >= 15 is 0 Å². The Hall–Kier alpha value is -0.280. The van der Waals surface area contributed by atoms with Gasteiger partial charge in [0.2, 0.25) is 0 Å².